The molecule has 6 aromatic rings. The van der Waals surface area contributed by atoms with Crippen molar-refractivity contribution in [3.63, 3.8) is 0 Å². The first-order valence-electron chi connectivity index (χ1n) is 15.0. The molecule has 6 rings (SSSR count). The monoisotopic (exact) mass is 577 g/mol. The van der Waals surface area contributed by atoms with Crippen molar-refractivity contribution < 1.29 is 14.3 Å². The Labute approximate surface area is 259 Å². The zero-order valence-electron chi connectivity index (χ0n) is 24.6. The zero-order valence-corrected chi connectivity index (χ0v) is 24.6. The summed E-state index contributed by atoms with van der Waals surface area (Å²) in [6, 6.07) is 50.4. The van der Waals surface area contributed by atoms with Gasteiger partial charge in [-0.25, -0.2) is 0 Å². The fraction of sp³-hybridized carbons (Fsp3) is 0.125. The van der Waals surface area contributed by atoms with E-state index in [0.717, 1.165) is 39.6 Å². The molecule has 0 aliphatic carbocycles. The molecule has 0 bridgehead atoms. The summed E-state index contributed by atoms with van der Waals surface area (Å²) >= 11 is 0. The number of carbonyl (C=O) groups is 1. The van der Waals surface area contributed by atoms with E-state index in [-0.39, 0.29) is 5.91 Å². The number of fused-ring (bicyclic) bond motifs is 1. The largest absolute Gasteiger partial charge is 0.489 e. The van der Waals surface area contributed by atoms with Gasteiger partial charge in [-0.2, -0.15) is 0 Å². The zero-order chi connectivity index (χ0) is 30.0. The predicted octanol–water partition coefficient (Wildman–Crippen LogP) is 8.88. The van der Waals surface area contributed by atoms with Crippen molar-refractivity contribution >= 4 is 16.7 Å². The van der Waals surface area contributed by atoms with Gasteiger partial charge in [0.15, 0.2) is 0 Å². The van der Waals surface area contributed by atoms with E-state index in [1.165, 1.54) is 5.56 Å². The Bertz CT molecular complexity index is 1780. The fourth-order valence-corrected chi connectivity index (χ4v) is 5.32. The van der Waals surface area contributed by atoms with Crippen LogP contribution in [-0.4, -0.2) is 17.4 Å². The molecule has 0 N–H and O–H groups in total. The Morgan fingerprint density at radius 2 is 1.09 bits per heavy atom. The third-order valence-electron chi connectivity index (χ3n) is 7.68. The van der Waals surface area contributed by atoms with Crippen LogP contribution in [0.15, 0.2) is 152 Å². The smallest absolute Gasteiger partial charge is 0.254 e. The second-order valence-electron chi connectivity index (χ2n) is 10.8. The Morgan fingerprint density at radius 1 is 0.523 bits per heavy atom. The highest BCUT2D eigenvalue weighted by molar-refractivity contribution is 6.09. The predicted molar refractivity (Wildman–Crippen MR) is 177 cm³/mol. The van der Waals surface area contributed by atoms with Gasteiger partial charge in [0.05, 0.1) is 5.56 Å². The summed E-state index contributed by atoms with van der Waals surface area (Å²) in [5.74, 6) is 1.49. The molecule has 0 saturated carbocycles. The topological polar surface area (TPSA) is 38.8 Å². The molecular formula is C40H35NO3. The van der Waals surface area contributed by atoms with Crippen LogP contribution in [0, 0.1) is 0 Å². The van der Waals surface area contributed by atoms with Gasteiger partial charge >= 0.3 is 0 Å². The highest BCUT2D eigenvalue weighted by Crippen LogP contribution is 2.31. The molecule has 0 aliphatic rings. The normalized spacial score (nSPS) is 10.8. The van der Waals surface area contributed by atoms with E-state index in [0.29, 0.717) is 37.6 Å². The molecule has 0 spiro atoms. The van der Waals surface area contributed by atoms with Crippen molar-refractivity contribution in [1.29, 1.82) is 0 Å². The Morgan fingerprint density at radius 3 is 1.77 bits per heavy atom. The van der Waals surface area contributed by atoms with Gasteiger partial charge in [0.2, 0.25) is 0 Å². The first-order chi connectivity index (χ1) is 21.7. The summed E-state index contributed by atoms with van der Waals surface area (Å²) in [6.07, 6.45) is 0.776. The van der Waals surface area contributed by atoms with Crippen LogP contribution in [0.5, 0.6) is 11.5 Å². The molecule has 6 aromatic carbocycles. The van der Waals surface area contributed by atoms with E-state index < -0.39 is 0 Å². The average Bonchev–Trinajstić information content (AvgIpc) is 3.09. The quantitative estimate of drug-likeness (QED) is 0.146. The lowest BCUT2D eigenvalue weighted by molar-refractivity contribution is 0.0747. The molecule has 0 heterocycles. The number of ether oxygens (including phenoxy) is 2. The van der Waals surface area contributed by atoms with Crippen LogP contribution in [0.1, 0.15) is 32.6 Å². The lowest BCUT2D eigenvalue weighted by Crippen LogP contribution is -2.32. The van der Waals surface area contributed by atoms with E-state index in [4.69, 9.17) is 9.47 Å². The Kier molecular flexibility index (Phi) is 9.29. The van der Waals surface area contributed by atoms with Crippen LogP contribution >= 0.6 is 0 Å². The van der Waals surface area contributed by atoms with E-state index in [1.54, 1.807) is 0 Å². The summed E-state index contributed by atoms with van der Waals surface area (Å²) in [5.41, 5.74) is 5.10. The summed E-state index contributed by atoms with van der Waals surface area (Å²) in [6.45, 7) is 2.04. The van der Waals surface area contributed by atoms with Gasteiger partial charge in [-0.3, -0.25) is 4.79 Å². The first kappa shape index (κ1) is 28.8. The summed E-state index contributed by atoms with van der Waals surface area (Å²) in [5, 5.41) is 1.81. The number of hydrogen-bond acceptors (Lipinski definition) is 3. The second-order valence-corrected chi connectivity index (χ2v) is 10.8. The first-order valence-corrected chi connectivity index (χ1v) is 15.0. The van der Waals surface area contributed by atoms with Crippen LogP contribution in [-0.2, 0) is 26.2 Å². The molecule has 0 radical (unpaired) electrons. The maximum Gasteiger partial charge on any atom is 0.254 e. The molecular weight excluding hydrogens is 542 g/mol. The van der Waals surface area contributed by atoms with Crippen LogP contribution in [0.2, 0.25) is 0 Å². The molecule has 0 aromatic heterocycles. The standard InChI is InChI=1S/C40H35NO3/c42-40(41(28-32-14-6-2-7-15-32)27-26-31-12-4-1-5-13-31)37-20-10-18-35-19-11-21-38(39(35)37)44-30-34-22-24-36(25-23-34)43-29-33-16-8-3-9-17-33/h1-25H,26-30H2. The highest BCUT2D eigenvalue weighted by Gasteiger charge is 2.21. The van der Waals surface area contributed by atoms with E-state index in [1.807, 2.05) is 120 Å². The van der Waals surface area contributed by atoms with Gasteiger partial charge < -0.3 is 14.4 Å². The summed E-state index contributed by atoms with van der Waals surface area (Å²) < 4.78 is 12.3. The molecule has 0 saturated heterocycles. The number of rotatable bonds is 12. The molecule has 0 aliphatic heterocycles. The lowest BCUT2D eigenvalue weighted by Gasteiger charge is -2.24. The van der Waals surface area contributed by atoms with Crippen molar-refractivity contribution in [2.45, 2.75) is 26.2 Å². The summed E-state index contributed by atoms with van der Waals surface area (Å²) in [7, 11) is 0. The van der Waals surface area contributed by atoms with Crippen molar-refractivity contribution in [2.24, 2.45) is 0 Å². The number of hydrogen-bond donors (Lipinski definition) is 0. The van der Waals surface area contributed by atoms with Crippen molar-refractivity contribution in [3.8, 4) is 11.5 Å². The second kappa shape index (κ2) is 14.2. The van der Waals surface area contributed by atoms with Gasteiger partial charge in [-0.05, 0) is 58.3 Å². The van der Waals surface area contributed by atoms with E-state index in [2.05, 4.69) is 36.4 Å². The highest BCUT2D eigenvalue weighted by atomic mass is 16.5. The molecule has 44 heavy (non-hydrogen) atoms. The van der Waals surface area contributed by atoms with Crippen LogP contribution in [0.4, 0.5) is 0 Å². The molecule has 0 fully saturated rings. The molecule has 4 nitrogen and oxygen atoms in total. The maximum atomic E-state index is 14.3. The van der Waals surface area contributed by atoms with Crippen molar-refractivity contribution in [2.75, 3.05) is 6.54 Å². The molecule has 218 valence electrons. The van der Waals surface area contributed by atoms with E-state index in [9.17, 15) is 4.79 Å². The van der Waals surface area contributed by atoms with E-state index >= 15 is 0 Å². The maximum absolute atomic E-state index is 14.3. The summed E-state index contributed by atoms with van der Waals surface area (Å²) in [4.78, 5) is 16.2. The minimum atomic E-state index is -0.00801. The number of benzene rings is 6. The third kappa shape index (κ3) is 7.34. The number of carbonyl (C=O) groups excluding carboxylic acids is 1. The average molecular weight is 578 g/mol. The van der Waals surface area contributed by atoms with Gasteiger partial charge in [-0.15, -0.1) is 0 Å². The van der Waals surface area contributed by atoms with Gasteiger partial charge in [-0.1, -0.05) is 127 Å². The van der Waals surface area contributed by atoms with Crippen LogP contribution in [0.25, 0.3) is 10.8 Å². The van der Waals surface area contributed by atoms with Crippen molar-refractivity contribution in [3.05, 3.63) is 179 Å². The number of amides is 1. The van der Waals surface area contributed by atoms with Crippen LogP contribution in [0.3, 0.4) is 0 Å². The molecule has 0 atom stereocenters. The van der Waals surface area contributed by atoms with Gasteiger partial charge in [0.25, 0.3) is 5.91 Å². The van der Waals surface area contributed by atoms with Crippen LogP contribution < -0.4 is 9.47 Å². The molecule has 1 amide bonds. The third-order valence-corrected chi connectivity index (χ3v) is 7.68. The Balaban J connectivity index is 1.21. The SMILES string of the molecule is O=C(c1cccc2cccc(OCc3ccc(OCc4ccccc4)cc3)c12)N(CCc1ccccc1)Cc1ccccc1. The minimum absolute atomic E-state index is 0.00801. The fourth-order valence-electron chi connectivity index (χ4n) is 5.32. The van der Waals surface area contributed by atoms with Crippen molar-refractivity contribution in [1.82, 2.24) is 4.90 Å². The van der Waals surface area contributed by atoms with Gasteiger partial charge in [0.1, 0.15) is 24.7 Å². The molecule has 4 heteroatoms. The number of nitrogens with zero attached hydrogens (tertiary/aromatic N) is 1. The lowest BCUT2D eigenvalue weighted by atomic mass is 10.0. The molecule has 0 unspecified atom stereocenters. The Hall–Kier alpha value is -5.35. The van der Waals surface area contributed by atoms with Gasteiger partial charge in [0, 0.05) is 18.5 Å². The minimum Gasteiger partial charge on any atom is -0.489 e.